The van der Waals surface area contributed by atoms with Crippen molar-refractivity contribution in [1.82, 2.24) is 4.57 Å². The molecule has 0 saturated heterocycles. The normalized spacial score (nSPS) is 12.9. The van der Waals surface area contributed by atoms with Crippen LogP contribution in [0.4, 0.5) is 0 Å². The summed E-state index contributed by atoms with van der Waals surface area (Å²) in [6.07, 6.45) is 4.40. The Labute approximate surface area is 176 Å². The summed E-state index contributed by atoms with van der Waals surface area (Å²) in [4.78, 5) is 0. The van der Waals surface area contributed by atoms with Gasteiger partial charge in [0, 0.05) is 11.1 Å². The lowest BCUT2D eigenvalue weighted by molar-refractivity contribution is -0.663. The van der Waals surface area contributed by atoms with Gasteiger partial charge in [-0.15, -0.1) is 0 Å². The number of hydrogen-bond donors (Lipinski definition) is 0. The van der Waals surface area contributed by atoms with E-state index in [1.807, 2.05) is 19.1 Å². The van der Waals surface area contributed by atoms with Crippen LogP contribution in [-0.2, 0) is 13.1 Å². The highest BCUT2D eigenvalue weighted by Crippen LogP contribution is 2.34. The quantitative estimate of drug-likeness (QED) is 0.435. The summed E-state index contributed by atoms with van der Waals surface area (Å²) >= 11 is 0. The molecule has 3 aromatic carbocycles. The third-order valence-corrected chi connectivity index (χ3v) is 5.49. The van der Waals surface area contributed by atoms with Crippen LogP contribution in [0.5, 0.6) is 11.5 Å². The van der Waals surface area contributed by atoms with Gasteiger partial charge in [0.15, 0.2) is 11.0 Å². The van der Waals surface area contributed by atoms with Gasteiger partial charge in [0.05, 0.1) is 6.61 Å². The zero-order chi connectivity index (χ0) is 20.3. The summed E-state index contributed by atoms with van der Waals surface area (Å²) in [6.45, 7) is 4.89. The molecular formula is C26H25N2O2+. The van der Waals surface area contributed by atoms with E-state index in [4.69, 9.17) is 9.47 Å². The van der Waals surface area contributed by atoms with Gasteiger partial charge in [-0.2, -0.15) is 0 Å². The lowest BCUT2D eigenvalue weighted by Gasteiger charge is -2.19. The molecule has 0 spiro atoms. The van der Waals surface area contributed by atoms with Crippen molar-refractivity contribution in [2.24, 2.45) is 0 Å². The molecule has 0 saturated carbocycles. The van der Waals surface area contributed by atoms with Gasteiger partial charge < -0.3 is 9.47 Å². The molecule has 4 aromatic rings. The van der Waals surface area contributed by atoms with Gasteiger partial charge >= 0.3 is 0 Å². The molecule has 0 N–H and O–H groups in total. The van der Waals surface area contributed by atoms with Crippen LogP contribution in [0.3, 0.4) is 0 Å². The number of benzene rings is 3. The van der Waals surface area contributed by atoms with Crippen LogP contribution >= 0.6 is 0 Å². The molecule has 1 aromatic heterocycles. The molecule has 4 heteroatoms. The summed E-state index contributed by atoms with van der Waals surface area (Å²) in [5.74, 6) is 1.80. The van der Waals surface area contributed by atoms with Gasteiger partial charge in [0.25, 0.3) is 0 Å². The molecule has 0 bridgehead atoms. The van der Waals surface area contributed by atoms with E-state index < -0.39 is 0 Å². The summed E-state index contributed by atoms with van der Waals surface area (Å²) in [7, 11) is 0. The van der Waals surface area contributed by atoms with E-state index in [0.29, 0.717) is 13.2 Å². The Balaban J connectivity index is 1.51. The average molecular weight is 397 g/mol. The standard InChI is InChI=1S/C26H25N2O2/c1-2-29-22-12-13-26-23(16-22)21(14-15-30-26)18-28-19-27(17-20-8-4-3-5-9-20)24-10-6-7-11-25(24)28/h3-14,16,19H,2,15,17-18H2,1H3/q+1. The Morgan fingerprint density at radius 1 is 1.00 bits per heavy atom. The zero-order valence-corrected chi connectivity index (χ0v) is 17.1. The molecule has 2 heterocycles. The highest BCUT2D eigenvalue weighted by Gasteiger charge is 2.21. The van der Waals surface area contributed by atoms with Crippen LogP contribution in [0, 0.1) is 0 Å². The Morgan fingerprint density at radius 3 is 2.70 bits per heavy atom. The number of allylic oxidation sites excluding steroid dienone is 1. The monoisotopic (exact) mass is 397 g/mol. The molecule has 0 aliphatic carbocycles. The molecule has 30 heavy (non-hydrogen) atoms. The minimum atomic E-state index is 0.597. The molecule has 0 radical (unpaired) electrons. The number of fused-ring (bicyclic) bond motifs is 2. The van der Waals surface area contributed by atoms with Crippen LogP contribution in [0.15, 0.2) is 85.2 Å². The minimum Gasteiger partial charge on any atom is -0.494 e. The van der Waals surface area contributed by atoms with Crippen LogP contribution in [0.1, 0.15) is 18.1 Å². The smallest absolute Gasteiger partial charge is 0.245 e. The molecule has 0 fully saturated rings. The second kappa shape index (κ2) is 8.07. The average Bonchev–Trinajstić information content (AvgIpc) is 3.12. The number of hydrogen-bond acceptors (Lipinski definition) is 2. The molecule has 0 atom stereocenters. The van der Waals surface area contributed by atoms with Gasteiger partial charge in [-0.1, -0.05) is 42.5 Å². The van der Waals surface area contributed by atoms with Crippen molar-refractivity contribution in [2.45, 2.75) is 20.0 Å². The van der Waals surface area contributed by atoms with E-state index in [-0.39, 0.29) is 0 Å². The van der Waals surface area contributed by atoms with Crippen LogP contribution in [0.2, 0.25) is 0 Å². The number of imidazole rings is 1. The Bertz CT molecular complexity index is 1210. The van der Waals surface area contributed by atoms with Crippen molar-refractivity contribution >= 4 is 16.6 Å². The fourth-order valence-corrected chi connectivity index (χ4v) is 4.09. The van der Waals surface area contributed by atoms with Crippen molar-refractivity contribution in [3.8, 4) is 11.5 Å². The first-order valence-corrected chi connectivity index (χ1v) is 10.4. The van der Waals surface area contributed by atoms with Gasteiger partial charge in [0.2, 0.25) is 6.33 Å². The maximum Gasteiger partial charge on any atom is 0.245 e. The van der Waals surface area contributed by atoms with Crippen LogP contribution in [-0.4, -0.2) is 17.8 Å². The minimum absolute atomic E-state index is 0.597. The highest BCUT2D eigenvalue weighted by atomic mass is 16.5. The zero-order valence-electron chi connectivity index (χ0n) is 17.1. The SMILES string of the molecule is CCOc1ccc2c(c1)C(Cn1c[n+](Cc3ccccc3)c3ccccc31)=CCO2. The van der Waals surface area contributed by atoms with E-state index in [2.05, 4.69) is 82.2 Å². The number of nitrogens with zero attached hydrogens (tertiary/aromatic N) is 2. The van der Waals surface area contributed by atoms with E-state index in [1.165, 1.54) is 22.2 Å². The van der Waals surface area contributed by atoms with Crippen molar-refractivity contribution < 1.29 is 14.0 Å². The van der Waals surface area contributed by atoms with Crippen molar-refractivity contribution in [3.63, 3.8) is 0 Å². The summed E-state index contributed by atoms with van der Waals surface area (Å²) in [5, 5.41) is 0. The topological polar surface area (TPSA) is 27.3 Å². The Kier molecular flexibility index (Phi) is 4.98. The lowest BCUT2D eigenvalue weighted by atomic mass is 10.0. The second-order valence-electron chi connectivity index (χ2n) is 7.48. The molecule has 5 rings (SSSR count). The third-order valence-electron chi connectivity index (χ3n) is 5.49. The van der Waals surface area contributed by atoms with Gasteiger partial charge in [-0.3, -0.25) is 0 Å². The van der Waals surface area contributed by atoms with Crippen LogP contribution in [0.25, 0.3) is 16.6 Å². The van der Waals surface area contributed by atoms with E-state index in [1.54, 1.807) is 0 Å². The molecule has 4 nitrogen and oxygen atoms in total. The van der Waals surface area contributed by atoms with E-state index >= 15 is 0 Å². The van der Waals surface area contributed by atoms with E-state index in [0.717, 1.165) is 30.2 Å². The predicted octanol–water partition coefficient (Wildman–Crippen LogP) is 4.85. The van der Waals surface area contributed by atoms with E-state index in [9.17, 15) is 0 Å². The van der Waals surface area contributed by atoms with Crippen molar-refractivity contribution in [1.29, 1.82) is 0 Å². The number of para-hydroxylation sites is 2. The molecule has 150 valence electrons. The maximum absolute atomic E-state index is 5.85. The highest BCUT2D eigenvalue weighted by molar-refractivity contribution is 5.76. The molecule has 0 unspecified atom stereocenters. The van der Waals surface area contributed by atoms with Gasteiger partial charge in [-0.25, -0.2) is 9.13 Å². The number of aromatic nitrogens is 2. The van der Waals surface area contributed by atoms with Crippen molar-refractivity contribution in [3.05, 3.63) is 96.3 Å². The number of ether oxygens (including phenoxy) is 2. The fraction of sp³-hybridized carbons (Fsp3) is 0.192. The lowest BCUT2D eigenvalue weighted by Crippen LogP contribution is -2.32. The Morgan fingerprint density at radius 2 is 1.83 bits per heavy atom. The summed E-state index contributed by atoms with van der Waals surface area (Å²) in [5.41, 5.74) is 6.12. The largest absolute Gasteiger partial charge is 0.494 e. The molecule has 1 aliphatic rings. The van der Waals surface area contributed by atoms with Gasteiger partial charge in [0.1, 0.15) is 31.2 Å². The predicted molar refractivity (Wildman–Crippen MR) is 119 cm³/mol. The van der Waals surface area contributed by atoms with Crippen LogP contribution < -0.4 is 14.0 Å². The summed E-state index contributed by atoms with van der Waals surface area (Å²) in [6, 6.07) is 25.2. The third kappa shape index (κ3) is 3.57. The van der Waals surface area contributed by atoms with Crippen molar-refractivity contribution in [2.75, 3.05) is 13.2 Å². The number of rotatable bonds is 6. The molecule has 0 amide bonds. The van der Waals surface area contributed by atoms with Gasteiger partial charge in [-0.05, 0) is 48.9 Å². The first-order valence-electron chi connectivity index (χ1n) is 10.4. The molecular weight excluding hydrogens is 372 g/mol. The maximum atomic E-state index is 5.85. The summed E-state index contributed by atoms with van der Waals surface area (Å²) < 4.78 is 16.2. The second-order valence-corrected chi connectivity index (χ2v) is 7.48. The first-order chi connectivity index (χ1) is 14.8. The Hall–Kier alpha value is -3.53. The molecule has 1 aliphatic heterocycles. The first kappa shape index (κ1) is 18.5. The fourth-order valence-electron chi connectivity index (χ4n) is 4.09.